The maximum atomic E-state index is 13.5. The number of aromatic nitrogens is 2. The predicted molar refractivity (Wildman–Crippen MR) is 114 cm³/mol. The van der Waals surface area contributed by atoms with Gasteiger partial charge in [0.05, 0.1) is 22.0 Å². The van der Waals surface area contributed by atoms with Crippen LogP contribution in [-0.4, -0.2) is 9.36 Å². The van der Waals surface area contributed by atoms with Crippen molar-refractivity contribution in [2.75, 3.05) is 0 Å². The molecule has 3 aromatic carbocycles. The molecule has 1 atom stereocenters. The Morgan fingerprint density at radius 1 is 0.667 bits per heavy atom. The van der Waals surface area contributed by atoms with Crippen LogP contribution in [0.15, 0.2) is 97.7 Å². The molecule has 6 heteroatoms. The molecule has 3 heterocycles. The highest BCUT2D eigenvalue weighted by atomic mass is 16.4. The number of hydrogen-bond acceptors (Lipinski definition) is 4. The van der Waals surface area contributed by atoms with Crippen LogP contribution in [0.2, 0.25) is 0 Å². The molecule has 0 fully saturated rings. The Balaban J connectivity index is 1.91. The Kier molecular flexibility index (Phi) is 3.29. The molecular formula is C24H14N2O4. The normalized spacial score (nSPS) is 14.7. The van der Waals surface area contributed by atoms with Crippen molar-refractivity contribution in [3.05, 3.63) is 121 Å². The summed E-state index contributed by atoms with van der Waals surface area (Å²) in [5, 5.41) is 1.24. The van der Waals surface area contributed by atoms with Crippen molar-refractivity contribution in [2.24, 2.45) is 0 Å². The highest BCUT2D eigenvalue weighted by Gasteiger charge is 2.37. The molecule has 2 aromatic heterocycles. The smallest absolute Gasteiger partial charge is 0.344 e. The number of benzene rings is 3. The lowest BCUT2D eigenvalue weighted by Crippen LogP contribution is -2.36. The van der Waals surface area contributed by atoms with E-state index in [0.717, 1.165) is 5.56 Å². The first-order chi connectivity index (χ1) is 14.7. The largest absolute Gasteiger partial charge is 0.422 e. The standard InChI is InChI=1S/C24H14N2O4/c27-22-15-10-4-5-11-16(15)23(28)26-21-17-12-6-7-13-18(17)30-24(29)19(21)20(25(22)26)14-8-2-1-3-9-14/h1-13,20H. The molecule has 0 saturated carbocycles. The van der Waals surface area contributed by atoms with E-state index < -0.39 is 11.7 Å². The van der Waals surface area contributed by atoms with E-state index in [1.54, 1.807) is 42.5 Å². The number of hydrogen-bond donors (Lipinski definition) is 0. The zero-order chi connectivity index (χ0) is 20.4. The summed E-state index contributed by atoms with van der Waals surface area (Å²) in [6, 6.07) is 22.2. The van der Waals surface area contributed by atoms with Crippen LogP contribution in [0.1, 0.15) is 17.2 Å². The van der Waals surface area contributed by atoms with E-state index in [4.69, 9.17) is 4.42 Å². The number of nitrogens with zero attached hydrogens (tertiary/aromatic N) is 2. The van der Waals surface area contributed by atoms with Gasteiger partial charge in [-0.05, 0) is 29.8 Å². The monoisotopic (exact) mass is 394 g/mol. The molecule has 1 aliphatic heterocycles. The van der Waals surface area contributed by atoms with Crippen LogP contribution in [0.3, 0.4) is 0 Å². The summed E-state index contributed by atoms with van der Waals surface area (Å²) in [6.07, 6.45) is 0. The first-order valence-electron chi connectivity index (χ1n) is 9.54. The number of rotatable bonds is 1. The predicted octanol–water partition coefficient (Wildman–Crippen LogP) is 3.21. The number of para-hydroxylation sites is 1. The minimum absolute atomic E-state index is 0.286. The average Bonchev–Trinajstić information content (AvgIpc) is 3.16. The molecule has 144 valence electrons. The average molecular weight is 394 g/mol. The van der Waals surface area contributed by atoms with E-state index >= 15 is 0 Å². The van der Waals surface area contributed by atoms with Crippen LogP contribution in [-0.2, 0) is 0 Å². The Bertz CT molecular complexity index is 1660. The lowest BCUT2D eigenvalue weighted by Gasteiger charge is -2.15. The van der Waals surface area contributed by atoms with Gasteiger partial charge in [-0.15, -0.1) is 0 Å². The summed E-state index contributed by atoms with van der Waals surface area (Å²) in [5.41, 5.74) is 0.548. The van der Waals surface area contributed by atoms with Crippen molar-refractivity contribution in [2.45, 2.75) is 6.04 Å². The quantitative estimate of drug-likeness (QED) is 0.402. The van der Waals surface area contributed by atoms with Crippen molar-refractivity contribution in [1.82, 2.24) is 9.36 Å². The van der Waals surface area contributed by atoms with Gasteiger partial charge in [-0.25, -0.2) is 14.2 Å². The fourth-order valence-corrected chi connectivity index (χ4v) is 4.41. The summed E-state index contributed by atoms with van der Waals surface area (Å²) in [6.45, 7) is 0. The van der Waals surface area contributed by atoms with Crippen LogP contribution < -0.4 is 16.7 Å². The van der Waals surface area contributed by atoms with Gasteiger partial charge in [0.2, 0.25) is 0 Å². The van der Waals surface area contributed by atoms with Gasteiger partial charge in [-0.3, -0.25) is 9.59 Å². The third-order valence-corrected chi connectivity index (χ3v) is 5.67. The zero-order valence-corrected chi connectivity index (χ0v) is 15.6. The lowest BCUT2D eigenvalue weighted by molar-refractivity contribution is 0.518. The molecule has 6 nitrogen and oxygen atoms in total. The SMILES string of the molecule is O=c1oc2ccccc2c2c1C(c1ccccc1)n1c(=O)c3ccccc3c(=O)n1-2. The Labute approximate surface area is 168 Å². The molecule has 6 rings (SSSR count). The molecule has 1 unspecified atom stereocenters. The third-order valence-electron chi connectivity index (χ3n) is 5.67. The van der Waals surface area contributed by atoms with Crippen molar-refractivity contribution in [3.8, 4) is 5.69 Å². The molecule has 0 aliphatic carbocycles. The molecule has 0 N–H and O–H groups in total. The summed E-state index contributed by atoms with van der Waals surface area (Å²) >= 11 is 0. The minimum atomic E-state index is -0.758. The molecule has 0 spiro atoms. The maximum absolute atomic E-state index is 13.5. The Morgan fingerprint density at radius 3 is 2.00 bits per heavy atom. The van der Waals surface area contributed by atoms with Gasteiger partial charge in [-0.2, -0.15) is 0 Å². The second-order valence-electron chi connectivity index (χ2n) is 7.27. The van der Waals surface area contributed by atoms with Crippen LogP contribution in [0.4, 0.5) is 0 Å². The molecule has 0 bridgehead atoms. The second-order valence-corrected chi connectivity index (χ2v) is 7.27. The summed E-state index contributed by atoms with van der Waals surface area (Å²) in [5.74, 6) is 0. The van der Waals surface area contributed by atoms with Crippen molar-refractivity contribution >= 4 is 21.7 Å². The van der Waals surface area contributed by atoms with Crippen molar-refractivity contribution in [3.63, 3.8) is 0 Å². The highest BCUT2D eigenvalue weighted by Crippen LogP contribution is 2.37. The van der Waals surface area contributed by atoms with Gasteiger partial charge in [0.25, 0.3) is 11.1 Å². The Morgan fingerprint density at radius 2 is 1.27 bits per heavy atom. The molecular weight excluding hydrogens is 380 g/mol. The van der Waals surface area contributed by atoms with Crippen LogP contribution in [0.5, 0.6) is 0 Å². The Hall–Kier alpha value is -4.19. The van der Waals surface area contributed by atoms with Crippen LogP contribution in [0.25, 0.3) is 27.4 Å². The summed E-state index contributed by atoms with van der Waals surface area (Å²) in [4.78, 5) is 40.2. The number of fused-ring (bicyclic) bond motifs is 6. The lowest BCUT2D eigenvalue weighted by atomic mass is 9.99. The van der Waals surface area contributed by atoms with Gasteiger partial charge in [-0.1, -0.05) is 54.6 Å². The van der Waals surface area contributed by atoms with Gasteiger partial charge >= 0.3 is 5.63 Å². The van der Waals surface area contributed by atoms with E-state index in [2.05, 4.69) is 0 Å². The van der Waals surface area contributed by atoms with Gasteiger partial charge in [0, 0.05) is 5.39 Å². The topological polar surface area (TPSA) is 74.2 Å². The molecule has 0 radical (unpaired) electrons. The van der Waals surface area contributed by atoms with Crippen molar-refractivity contribution < 1.29 is 4.42 Å². The molecule has 1 aliphatic rings. The van der Waals surface area contributed by atoms with E-state index in [-0.39, 0.29) is 16.7 Å². The molecule has 30 heavy (non-hydrogen) atoms. The van der Waals surface area contributed by atoms with Gasteiger partial charge < -0.3 is 4.42 Å². The van der Waals surface area contributed by atoms with Gasteiger partial charge in [0.1, 0.15) is 11.6 Å². The fraction of sp³-hybridized carbons (Fsp3) is 0.0417. The van der Waals surface area contributed by atoms with E-state index in [0.29, 0.717) is 27.4 Å². The molecule has 0 amide bonds. The van der Waals surface area contributed by atoms with Crippen molar-refractivity contribution in [1.29, 1.82) is 0 Å². The van der Waals surface area contributed by atoms with Crippen LogP contribution in [0, 0.1) is 0 Å². The zero-order valence-electron chi connectivity index (χ0n) is 15.6. The van der Waals surface area contributed by atoms with E-state index in [9.17, 15) is 14.4 Å². The second kappa shape index (κ2) is 5.90. The fourth-order valence-electron chi connectivity index (χ4n) is 4.41. The first kappa shape index (κ1) is 16.7. The summed E-state index contributed by atoms with van der Waals surface area (Å²) in [7, 11) is 0. The van der Waals surface area contributed by atoms with E-state index in [1.165, 1.54) is 9.36 Å². The van der Waals surface area contributed by atoms with Crippen LogP contribution >= 0.6 is 0 Å². The minimum Gasteiger partial charge on any atom is -0.422 e. The highest BCUT2D eigenvalue weighted by molar-refractivity contribution is 5.89. The molecule has 0 saturated heterocycles. The van der Waals surface area contributed by atoms with Gasteiger partial charge in [0.15, 0.2) is 0 Å². The first-order valence-corrected chi connectivity index (χ1v) is 9.54. The van der Waals surface area contributed by atoms with E-state index in [1.807, 2.05) is 36.4 Å². The third kappa shape index (κ3) is 2.05. The summed E-state index contributed by atoms with van der Waals surface area (Å²) < 4.78 is 8.31. The maximum Gasteiger partial charge on any atom is 0.344 e. The molecule has 5 aromatic rings.